The maximum absolute atomic E-state index is 14.0. The van der Waals surface area contributed by atoms with Crippen LogP contribution in [0.1, 0.15) is 46.7 Å². The van der Waals surface area contributed by atoms with Gasteiger partial charge in [0.15, 0.2) is 0 Å². The van der Waals surface area contributed by atoms with Crippen molar-refractivity contribution in [3.05, 3.63) is 125 Å². The summed E-state index contributed by atoms with van der Waals surface area (Å²) >= 11 is 0. The number of Topliss-reactive ketones (excluding diaryl/α,β-unsaturated/α-hetero) is 1. The Balaban J connectivity index is 1.47. The van der Waals surface area contributed by atoms with Crippen molar-refractivity contribution in [3.63, 3.8) is 0 Å². The molecule has 3 aromatic carbocycles. The number of ketones is 1. The monoisotopic (exact) mass is 498 g/mol. The third-order valence-corrected chi connectivity index (χ3v) is 6.69. The van der Waals surface area contributed by atoms with Crippen molar-refractivity contribution in [1.82, 2.24) is 9.97 Å². The largest absolute Gasteiger partial charge is 0.299 e. The van der Waals surface area contributed by atoms with Crippen LogP contribution in [0.15, 0.2) is 79.1 Å². The Kier molecular flexibility index (Phi) is 6.99. The number of hydrogen-bond acceptors (Lipinski definition) is 3. The molecule has 1 aromatic heterocycles. The number of allylic oxidation sites excluding steroid dienone is 2. The van der Waals surface area contributed by atoms with Gasteiger partial charge in [-0.1, -0.05) is 42.0 Å². The van der Waals surface area contributed by atoms with Gasteiger partial charge in [0.1, 0.15) is 23.2 Å². The number of nitrogens with zero attached hydrogens (tertiary/aromatic N) is 2. The quantitative estimate of drug-likeness (QED) is 0.258. The highest BCUT2D eigenvalue weighted by molar-refractivity contribution is 5.92. The van der Waals surface area contributed by atoms with Crippen LogP contribution in [0.3, 0.4) is 0 Å². The lowest BCUT2D eigenvalue weighted by atomic mass is 9.87. The molecule has 6 heteroatoms. The first-order chi connectivity index (χ1) is 17.9. The minimum Gasteiger partial charge on any atom is -0.299 e. The SMILES string of the molecule is Cc1ccc(-c2nccnc2[C@@H](CC(=O)CC2=CCc3ccc(F)cc32)Cc2cc(F)cc(F)c2)cc1. The minimum absolute atomic E-state index is 0.0641. The zero-order chi connectivity index (χ0) is 25.9. The third-order valence-electron chi connectivity index (χ3n) is 6.69. The lowest BCUT2D eigenvalue weighted by Crippen LogP contribution is -2.14. The van der Waals surface area contributed by atoms with E-state index in [4.69, 9.17) is 0 Å². The fraction of sp³-hybridized carbons (Fsp3) is 0.194. The molecular formula is C31H25F3N2O. The van der Waals surface area contributed by atoms with Crippen molar-refractivity contribution in [2.24, 2.45) is 0 Å². The molecule has 1 heterocycles. The van der Waals surface area contributed by atoms with Crippen LogP contribution in [0.25, 0.3) is 16.8 Å². The molecule has 0 N–H and O–H groups in total. The molecule has 37 heavy (non-hydrogen) atoms. The molecule has 0 unspecified atom stereocenters. The van der Waals surface area contributed by atoms with Gasteiger partial charge in [-0.2, -0.15) is 0 Å². The van der Waals surface area contributed by atoms with E-state index in [0.717, 1.165) is 33.9 Å². The van der Waals surface area contributed by atoms with E-state index in [9.17, 15) is 18.0 Å². The molecule has 3 nitrogen and oxygen atoms in total. The number of benzene rings is 3. The summed E-state index contributed by atoms with van der Waals surface area (Å²) in [4.78, 5) is 22.5. The lowest BCUT2D eigenvalue weighted by molar-refractivity contribution is -0.118. The van der Waals surface area contributed by atoms with E-state index < -0.39 is 17.6 Å². The highest BCUT2D eigenvalue weighted by atomic mass is 19.1. The maximum Gasteiger partial charge on any atom is 0.137 e. The fourth-order valence-corrected chi connectivity index (χ4v) is 4.96. The average molecular weight is 499 g/mol. The van der Waals surface area contributed by atoms with Crippen LogP contribution < -0.4 is 0 Å². The van der Waals surface area contributed by atoms with Crippen LogP contribution >= 0.6 is 0 Å². The van der Waals surface area contributed by atoms with Gasteiger partial charge in [-0.3, -0.25) is 14.8 Å². The lowest BCUT2D eigenvalue weighted by Gasteiger charge is -2.19. The van der Waals surface area contributed by atoms with Crippen LogP contribution in [0.2, 0.25) is 0 Å². The van der Waals surface area contributed by atoms with Crippen LogP contribution in [-0.2, 0) is 17.6 Å². The Morgan fingerprint density at radius 1 is 0.892 bits per heavy atom. The van der Waals surface area contributed by atoms with Gasteiger partial charge in [-0.15, -0.1) is 0 Å². The van der Waals surface area contributed by atoms with Gasteiger partial charge < -0.3 is 0 Å². The number of fused-ring (bicyclic) bond motifs is 1. The number of carbonyl (C=O) groups excluding carboxylic acids is 1. The molecule has 4 aromatic rings. The topological polar surface area (TPSA) is 42.9 Å². The molecule has 0 spiro atoms. The van der Waals surface area contributed by atoms with Crippen molar-refractivity contribution < 1.29 is 18.0 Å². The van der Waals surface area contributed by atoms with E-state index in [1.807, 2.05) is 37.3 Å². The Morgan fingerprint density at radius 2 is 1.62 bits per heavy atom. The highest BCUT2D eigenvalue weighted by Gasteiger charge is 2.25. The number of aryl methyl sites for hydroxylation is 1. The Bertz CT molecular complexity index is 1470. The second-order valence-corrected chi connectivity index (χ2v) is 9.49. The summed E-state index contributed by atoms with van der Waals surface area (Å²) in [7, 11) is 0. The summed E-state index contributed by atoms with van der Waals surface area (Å²) in [6.45, 7) is 1.99. The van der Waals surface area contributed by atoms with E-state index in [2.05, 4.69) is 9.97 Å². The van der Waals surface area contributed by atoms with Crippen molar-refractivity contribution in [2.45, 2.75) is 38.5 Å². The van der Waals surface area contributed by atoms with Crippen LogP contribution in [0.4, 0.5) is 13.2 Å². The van der Waals surface area contributed by atoms with Gasteiger partial charge >= 0.3 is 0 Å². The first-order valence-electron chi connectivity index (χ1n) is 12.2. The van der Waals surface area contributed by atoms with Gasteiger partial charge in [-0.05, 0) is 66.3 Å². The fourth-order valence-electron chi connectivity index (χ4n) is 4.96. The molecule has 5 rings (SSSR count). The molecule has 0 aliphatic heterocycles. The molecule has 186 valence electrons. The Morgan fingerprint density at radius 3 is 2.38 bits per heavy atom. The van der Waals surface area contributed by atoms with Gasteiger partial charge in [0, 0.05) is 42.8 Å². The number of halogens is 3. The number of rotatable bonds is 8. The van der Waals surface area contributed by atoms with Gasteiger partial charge in [-0.25, -0.2) is 13.2 Å². The first kappa shape index (κ1) is 24.6. The smallest absolute Gasteiger partial charge is 0.137 e. The number of aromatic nitrogens is 2. The molecule has 1 aliphatic rings. The predicted octanol–water partition coefficient (Wildman–Crippen LogP) is 7.18. The van der Waals surface area contributed by atoms with Crippen molar-refractivity contribution in [3.8, 4) is 11.3 Å². The Labute approximate surface area is 213 Å². The molecular weight excluding hydrogens is 473 g/mol. The summed E-state index contributed by atoms with van der Waals surface area (Å²) in [6.07, 6.45) is 6.22. The first-order valence-corrected chi connectivity index (χ1v) is 12.2. The van der Waals surface area contributed by atoms with E-state index in [-0.39, 0.29) is 30.9 Å². The van der Waals surface area contributed by atoms with E-state index >= 15 is 0 Å². The van der Waals surface area contributed by atoms with Gasteiger partial charge in [0.2, 0.25) is 0 Å². The molecule has 0 saturated heterocycles. The molecule has 1 atom stereocenters. The summed E-state index contributed by atoms with van der Waals surface area (Å²) < 4.78 is 41.8. The van der Waals surface area contributed by atoms with Crippen LogP contribution in [0, 0.1) is 24.4 Å². The standard InChI is InChI=1S/C31H25F3N2O/c1-19-2-4-22(5-3-19)30-31(36-11-10-35-30)24(12-20-13-26(33)17-27(34)14-20)16-28(37)15-23-7-6-21-8-9-25(32)18-29(21)23/h2-5,7-11,13-14,17-18,24H,6,12,15-16H2,1H3/t24-/m1/s1. The van der Waals surface area contributed by atoms with Gasteiger partial charge in [0.05, 0.1) is 11.4 Å². The summed E-state index contributed by atoms with van der Waals surface area (Å²) in [5.41, 5.74) is 6.15. The molecule has 0 amide bonds. The zero-order valence-electron chi connectivity index (χ0n) is 20.3. The second kappa shape index (κ2) is 10.5. The van der Waals surface area contributed by atoms with Gasteiger partial charge in [0.25, 0.3) is 0 Å². The Hall–Kier alpha value is -4.06. The summed E-state index contributed by atoms with van der Waals surface area (Å²) in [6, 6.07) is 15.8. The van der Waals surface area contributed by atoms with E-state index in [1.54, 1.807) is 18.5 Å². The normalized spacial score (nSPS) is 13.2. The highest BCUT2D eigenvalue weighted by Crippen LogP contribution is 2.35. The third kappa shape index (κ3) is 5.69. The van der Waals surface area contributed by atoms with Crippen LogP contribution in [-0.4, -0.2) is 15.8 Å². The molecule has 1 aliphatic carbocycles. The molecule has 0 fully saturated rings. The molecule has 0 radical (unpaired) electrons. The van der Waals surface area contributed by atoms with Crippen LogP contribution in [0.5, 0.6) is 0 Å². The average Bonchev–Trinajstić information content (AvgIpc) is 3.25. The molecule has 0 bridgehead atoms. The number of hydrogen-bond donors (Lipinski definition) is 0. The van der Waals surface area contributed by atoms with Crippen molar-refractivity contribution in [1.29, 1.82) is 0 Å². The maximum atomic E-state index is 14.0. The second-order valence-electron chi connectivity index (χ2n) is 9.49. The minimum atomic E-state index is -0.673. The van der Waals surface area contributed by atoms with Crippen molar-refractivity contribution >= 4 is 11.4 Å². The van der Waals surface area contributed by atoms with E-state index in [1.165, 1.54) is 24.3 Å². The van der Waals surface area contributed by atoms with Crippen molar-refractivity contribution in [2.75, 3.05) is 0 Å². The predicted molar refractivity (Wildman–Crippen MR) is 137 cm³/mol. The van der Waals surface area contributed by atoms with E-state index in [0.29, 0.717) is 23.4 Å². The molecule has 0 saturated carbocycles. The zero-order valence-corrected chi connectivity index (χ0v) is 20.3. The summed E-state index contributed by atoms with van der Waals surface area (Å²) in [5.74, 6) is -2.22. The number of carbonyl (C=O) groups is 1. The summed E-state index contributed by atoms with van der Waals surface area (Å²) in [5, 5.41) is 0.